The van der Waals surface area contributed by atoms with Gasteiger partial charge in [-0.05, 0) is 112 Å². The SMILES string of the molecule is C=C1/C(=C\C=C2/CCC[C@@]3(C)C2CCC3[C@@H](C)[C@H](/C=C/CCC(C)(C)O)CC)C[C@@H](O)C[C@@H]1O. The Bertz CT molecular complexity index is 798. The summed E-state index contributed by atoms with van der Waals surface area (Å²) in [5.41, 5.74) is 3.10. The van der Waals surface area contributed by atoms with Gasteiger partial charge in [-0.2, -0.15) is 0 Å². The zero-order valence-corrected chi connectivity index (χ0v) is 22.4. The number of allylic oxidation sites excluding steroid dienone is 5. The first-order valence-electron chi connectivity index (χ1n) is 13.8. The third kappa shape index (κ3) is 6.33. The standard InChI is InChI=1S/C31H50O3/c1-7-23(11-8-9-17-30(4,5)34)21(2)27-15-16-28-24(12-10-18-31(27,28)6)13-14-25-19-26(32)20-29(33)22(25)3/h8,11,13-14,21,23,26-29,32-34H,3,7,9-10,12,15-20H2,1-2,4-6H3/b11-8+,24-13+,25-14-/t21-,23-,26+,27?,28?,29-,31+/m0/s1. The van der Waals surface area contributed by atoms with Gasteiger partial charge in [0.2, 0.25) is 0 Å². The van der Waals surface area contributed by atoms with Crippen LogP contribution in [0, 0.1) is 29.1 Å². The van der Waals surface area contributed by atoms with E-state index >= 15 is 0 Å². The van der Waals surface area contributed by atoms with Crippen molar-refractivity contribution in [1.29, 1.82) is 0 Å². The fraction of sp³-hybridized carbons (Fsp3) is 0.742. The molecule has 0 aromatic rings. The molecule has 3 aliphatic carbocycles. The van der Waals surface area contributed by atoms with Crippen LogP contribution in [0.5, 0.6) is 0 Å². The molecule has 34 heavy (non-hydrogen) atoms. The van der Waals surface area contributed by atoms with Crippen LogP contribution in [0.2, 0.25) is 0 Å². The Morgan fingerprint density at radius 3 is 2.62 bits per heavy atom. The van der Waals surface area contributed by atoms with Crippen LogP contribution >= 0.6 is 0 Å². The van der Waals surface area contributed by atoms with Crippen molar-refractivity contribution in [2.45, 2.75) is 117 Å². The van der Waals surface area contributed by atoms with Crippen molar-refractivity contribution in [3.63, 3.8) is 0 Å². The number of rotatable bonds is 8. The van der Waals surface area contributed by atoms with Crippen molar-refractivity contribution in [3.8, 4) is 0 Å². The van der Waals surface area contributed by atoms with Gasteiger partial charge in [0.15, 0.2) is 0 Å². The Morgan fingerprint density at radius 1 is 1.21 bits per heavy atom. The highest BCUT2D eigenvalue weighted by Gasteiger charge is 2.51. The van der Waals surface area contributed by atoms with Crippen LogP contribution in [-0.4, -0.2) is 33.1 Å². The molecule has 192 valence electrons. The number of fused-ring (bicyclic) bond motifs is 1. The van der Waals surface area contributed by atoms with Crippen molar-refractivity contribution < 1.29 is 15.3 Å². The van der Waals surface area contributed by atoms with E-state index in [1.165, 1.54) is 32.1 Å². The summed E-state index contributed by atoms with van der Waals surface area (Å²) in [5, 5.41) is 30.3. The van der Waals surface area contributed by atoms with Crippen molar-refractivity contribution in [1.82, 2.24) is 0 Å². The molecular weight excluding hydrogens is 420 g/mol. The summed E-state index contributed by atoms with van der Waals surface area (Å²) in [4.78, 5) is 0. The summed E-state index contributed by atoms with van der Waals surface area (Å²) in [6.07, 6.45) is 18.3. The molecule has 0 heterocycles. The predicted molar refractivity (Wildman–Crippen MR) is 142 cm³/mol. The van der Waals surface area contributed by atoms with Gasteiger partial charge < -0.3 is 15.3 Å². The van der Waals surface area contributed by atoms with Crippen LogP contribution < -0.4 is 0 Å². The zero-order chi connectivity index (χ0) is 25.1. The predicted octanol–water partition coefficient (Wildman–Crippen LogP) is 6.90. The lowest BCUT2D eigenvalue weighted by molar-refractivity contribution is 0.0718. The van der Waals surface area contributed by atoms with Crippen molar-refractivity contribution in [3.05, 3.63) is 47.6 Å². The second-order valence-electron chi connectivity index (χ2n) is 12.4. The maximum Gasteiger partial charge on any atom is 0.0811 e. The van der Waals surface area contributed by atoms with Crippen molar-refractivity contribution >= 4 is 0 Å². The highest BCUT2D eigenvalue weighted by Crippen LogP contribution is 2.60. The molecule has 0 spiro atoms. The van der Waals surface area contributed by atoms with Crippen LogP contribution in [0.4, 0.5) is 0 Å². The largest absolute Gasteiger partial charge is 0.393 e. The number of hydrogen-bond acceptors (Lipinski definition) is 3. The van der Waals surface area contributed by atoms with Crippen molar-refractivity contribution in [2.24, 2.45) is 29.1 Å². The average Bonchev–Trinajstić information content (AvgIpc) is 3.11. The zero-order valence-electron chi connectivity index (χ0n) is 22.4. The lowest BCUT2D eigenvalue weighted by atomic mass is 9.59. The molecule has 2 unspecified atom stereocenters. The van der Waals surface area contributed by atoms with E-state index in [-0.39, 0.29) is 0 Å². The summed E-state index contributed by atoms with van der Waals surface area (Å²) in [6.45, 7) is 15.2. The van der Waals surface area contributed by atoms with E-state index in [2.05, 4.69) is 51.7 Å². The molecule has 0 bridgehead atoms. The fourth-order valence-electron chi connectivity index (χ4n) is 7.30. The molecular formula is C31H50O3. The highest BCUT2D eigenvalue weighted by atomic mass is 16.3. The third-order valence-electron chi connectivity index (χ3n) is 9.39. The van der Waals surface area contributed by atoms with Gasteiger partial charge in [-0.3, -0.25) is 0 Å². The molecule has 0 radical (unpaired) electrons. The van der Waals surface area contributed by atoms with Crippen LogP contribution in [0.1, 0.15) is 98.8 Å². The van der Waals surface area contributed by atoms with Gasteiger partial charge >= 0.3 is 0 Å². The first kappa shape index (κ1) is 27.4. The average molecular weight is 471 g/mol. The molecule has 3 N–H and O–H groups in total. The number of hydrogen-bond donors (Lipinski definition) is 3. The monoisotopic (exact) mass is 470 g/mol. The van der Waals surface area contributed by atoms with Gasteiger partial charge in [-0.1, -0.05) is 57.2 Å². The van der Waals surface area contributed by atoms with Crippen LogP contribution in [-0.2, 0) is 0 Å². The molecule has 0 aromatic heterocycles. The van der Waals surface area contributed by atoms with Gasteiger partial charge in [0.1, 0.15) is 0 Å². The first-order valence-corrected chi connectivity index (χ1v) is 13.8. The number of aliphatic hydroxyl groups excluding tert-OH is 2. The molecule has 3 nitrogen and oxygen atoms in total. The van der Waals surface area contributed by atoms with E-state index < -0.39 is 17.8 Å². The first-order chi connectivity index (χ1) is 16.0. The summed E-state index contributed by atoms with van der Waals surface area (Å²) < 4.78 is 0. The van der Waals surface area contributed by atoms with Gasteiger partial charge in [0.25, 0.3) is 0 Å². The lowest BCUT2D eigenvalue weighted by Gasteiger charge is -2.45. The Hall–Kier alpha value is -1.16. The summed E-state index contributed by atoms with van der Waals surface area (Å²) in [5.74, 6) is 2.60. The Morgan fingerprint density at radius 2 is 1.94 bits per heavy atom. The summed E-state index contributed by atoms with van der Waals surface area (Å²) >= 11 is 0. The van der Waals surface area contributed by atoms with E-state index in [1.807, 2.05) is 13.8 Å². The lowest BCUT2D eigenvalue weighted by Crippen LogP contribution is -2.37. The maximum absolute atomic E-state index is 10.2. The van der Waals surface area contributed by atoms with E-state index in [9.17, 15) is 15.3 Å². The Kier molecular flexibility index (Phi) is 9.09. The summed E-state index contributed by atoms with van der Waals surface area (Å²) in [6, 6.07) is 0. The highest BCUT2D eigenvalue weighted by molar-refractivity contribution is 5.38. The fourth-order valence-corrected chi connectivity index (χ4v) is 7.30. The molecule has 3 rings (SSSR count). The van der Waals surface area contributed by atoms with Crippen LogP contribution in [0.25, 0.3) is 0 Å². The molecule has 0 aromatic carbocycles. The summed E-state index contributed by atoms with van der Waals surface area (Å²) in [7, 11) is 0. The van der Waals surface area contributed by atoms with Crippen LogP contribution in [0.15, 0.2) is 47.6 Å². The molecule has 3 heteroatoms. The maximum atomic E-state index is 10.2. The van der Waals surface area contributed by atoms with E-state index in [0.717, 1.165) is 36.3 Å². The molecule has 3 fully saturated rings. The molecule has 7 atom stereocenters. The number of aliphatic hydroxyl groups is 3. The Balaban J connectivity index is 1.73. The van der Waals surface area contributed by atoms with Gasteiger partial charge in [0, 0.05) is 6.42 Å². The molecule has 0 saturated heterocycles. The second kappa shape index (κ2) is 11.3. The van der Waals surface area contributed by atoms with Gasteiger partial charge in [-0.15, -0.1) is 0 Å². The van der Waals surface area contributed by atoms with Gasteiger partial charge in [0.05, 0.1) is 17.8 Å². The molecule has 0 amide bonds. The topological polar surface area (TPSA) is 60.7 Å². The minimum Gasteiger partial charge on any atom is -0.393 e. The van der Waals surface area contributed by atoms with E-state index in [0.29, 0.717) is 36.0 Å². The molecule has 0 aliphatic heterocycles. The quantitative estimate of drug-likeness (QED) is 0.338. The van der Waals surface area contributed by atoms with E-state index in [1.54, 1.807) is 5.57 Å². The van der Waals surface area contributed by atoms with Gasteiger partial charge in [-0.25, -0.2) is 0 Å². The van der Waals surface area contributed by atoms with E-state index in [4.69, 9.17) is 0 Å². The Labute approximate surface area is 208 Å². The molecule has 3 aliphatic rings. The third-order valence-corrected chi connectivity index (χ3v) is 9.39. The normalized spacial score (nSPS) is 36.9. The minimum atomic E-state index is -0.621. The van der Waals surface area contributed by atoms with Crippen molar-refractivity contribution in [2.75, 3.05) is 0 Å². The van der Waals surface area contributed by atoms with Crippen LogP contribution in [0.3, 0.4) is 0 Å². The smallest absolute Gasteiger partial charge is 0.0811 e. The molecule has 3 saturated carbocycles. The second-order valence-corrected chi connectivity index (χ2v) is 12.4. The minimum absolute atomic E-state index is 0.346.